The summed E-state index contributed by atoms with van der Waals surface area (Å²) in [6.45, 7) is 2.71. The molecule has 0 aromatic heterocycles. The molecular weight excluding hydrogens is 338 g/mol. The number of piperidine rings is 1. The van der Waals surface area contributed by atoms with Crippen LogP contribution in [0.25, 0.3) is 0 Å². The molecule has 0 aliphatic carbocycles. The summed E-state index contributed by atoms with van der Waals surface area (Å²) in [4.78, 5) is 16.2. The maximum Gasteiger partial charge on any atom is 0.317 e. The smallest absolute Gasteiger partial charge is 0.317 e. The molecule has 6 nitrogen and oxygen atoms in total. The van der Waals surface area contributed by atoms with Crippen LogP contribution in [-0.2, 0) is 9.84 Å². The number of nitrogens with zero attached hydrogens (tertiary/aromatic N) is 2. The Labute approximate surface area is 151 Å². The highest BCUT2D eigenvalue weighted by molar-refractivity contribution is 7.90. The van der Waals surface area contributed by atoms with Crippen LogP contribution in [0.2, 0.25) is 0 Å². The number of amides is 2. The quantitative estimate of drug-likeness (QED) is 0.748. The highest BCUT2D eigenvalue weighted by atomic mass is 32.2. The molecule has 1 aliphatic rings. The van der Waals surface area contributed by atoms with Crippen molar-refractivity contribution in [2.75, 3.05) is 50.1 Å². The van der Waals surface area contributed by atoms with Gasteiger partial charge in [0.15, 0.2) is 0 Å². The number of hydrogen-bond donors (Lipinski definition) is 1. The predicted molar refractivity (Wildman–Crippen MR) is 102 cm³/mol. The fourth-order valence-corrected chi connectivity index (χ4v) is 4.38. The van der Waals surface area contributed by atoms with Crippen molar-refractivity contribution in [1.82, 2.24) is 10.2 Å². The second-order valence-electron chi connectivity index (χ2n) is 6.89. The average Bonchev–Trinajstić information content (AvgIpc) is 2.58. The fraction of sp³-hybridized carbons (Fsp3) is 0.611. The van der Waals surface area contributed by atoms with E-state index in [1.165, 1.54) is 6.26 Å². The number of likely N-dealkylation sites (tertiary alicyclic amines) is 1. The van der Waals surface area contributed by atoms with Crippen molar-refractivity contribution >= 4 is 21.6 Å². The Bertz CT molecular complexity index is 649. The van der Waals surface area contributed by atoms with Crippen molar-refractivity contribution in [3.05, 3.63) is 30.3 Å². The van der Waals surface area contributed by atoms with Gasteiger partial charge in [-0.25, -0.2) is 13.2 Å². The van der Waals surface area contributed by atoms with Crippen LogP contribution in [0, 0.1) is 5.92 Å². The summed E-state index contributed by atoms with van der Waals surface area (Å²) in [5, 5.41) is 2.95. The molecule has 0 unspecified atom stereocenters. The van der Waals surface area contributed by atoms with E-state index in [0.717, 1.165) is 31.5 Å². The molecule has 7 heteroatoms. The number of carbonyl (C=O) groups is 1. The van der Waals surface area contributed by atoms with Crippen LogP contribution in [0.15, 0.2) is 30.3 Å². The van der Waals surface area contributed by atoms with E-state index < -0.39 is 9.84 Å². The lowest BCUT2D eigenvalue weighted by Crippen LogP contribution is -2.47. The maximum atomic E-state index is 12.3. The summed E-state index contributed by atoms with van der Waals surface area (Å²) in [6, 6.07) is 10.1. The Kier molecular flexibility index (Phi) is 7.11. The van der Waals surface area contributed by atoms with Gasteiger partial charge in [0.25, 0.3) is 0 Å². The van der Waals surface area contributed by atoms with E-state index >= 15 is 0 Å². The Balaban J connectivity index is 1.69. The number of anilines is 1. The highest BCUT2D eigenvalue weighted by Gasteiger charge is 2.25. The first-order valence-electron chi connectivity index (χ1n) is 8.82. The van der Waals surface area contributed by atoms with E-state index in [-0.39, 0.29) is 17.7 Å². The largest absolute Gasteiger partial charge is 0.375 e. The highest BCUT2D eigenvalue weighted by Crippen LogP contribution is 2.18. The molecule has 1 heterocycles. The third kappa shape index (κ3) is 6.94. The molecule has 1 N–H and O–H groups in total. The second-order valence-corrected chi connectivity index (χ2v) is 9.07. The Morgan fingerprint density at radius 3 is 2.72 bits per heavy atom. The van der Waals surface area contributed by atoms with Crippen molar-refractivity contribution in [3.63, 3.8) is 0 Å². The lowest BCUT2D eigenvalue weighted by molar-refractivity contribution is 0.170. The average molecular weight is 368 g/mol. The van der Waals surface area contributed by atoms with Gasteiger partial charge < -0.3 is 15.1 Å². The summed E-state index contributed by atoms with van der Waals surface area (Å²) in [5.74, 6) is 0.220. The molecule has 1 aromatic rings. The minimum atomic E-state index is -2.99. The second kappa shape index (κ2) is 9.08. The first kappa shape index (κ1) is 19.6. The molecule has 0 spiro atoms. The van der Waals surface area contributed by atoms with Crippen LogP contribution in [0.3, 0.4) is 0 Å². The lowest BCUT2D eigenvalue weighted by Gasteiger charge is -2.32. The Morgan fingerprint density at radius 2 is 2.04 bits per heavy atom. The number of rotatable bonds is 7. The summed E-state index contributed by atoms with van der Waals surface area (Å²) in [5.41, 5.74) is 1.16. The monoisotopic (exact) mass is 367 g/mol. The van der Waals surface area contributed by atoms with Crippen LogP contribution in [0.4, 0.5) is 10.5 Å². The standard InChI is InChI=1S/C18H29N3O3S/c1-20(17-9-4-3-5-10-17)12-7-11-19-18(22)21-13-6-8-16(14-21)15-25(2,23)24/h3-5,9-10,16H,6-8,11-15H2,1-2H3,(H,19,22)/t16-/m0/s1. The van der Waals surface area contributed by atoms with E-state index in [2.05, 4.69) is 22.3 Å². The number of carbonyl (C=O) groups excluding carboxylic acids is 1. The van der Waals surface area contributed by atoms with Gasteiger partial charge in [-0.3, -0.25) is 0 Å². The fourth-order valence-electron chi connectivity index (χ4n) is 3.25. The van der Waals surface area contributed by atoms with Gasteiger partial charge in [-0.2, -0.15) is 0 Å². The van der Waals surface area contributed by atoms with Crippen LogP contribution in [0.1, 0.15) is 19.3 Å². The van der Waals surface area contributed by atoms with Crippen molar-refractivity contribution in [3.8, 4) is 0 Å². The number of para-hydroxylation sites is 1. The van der Waals surface area contributed by atoms with Gasteiger partial charge in [0.05, 0.1) is 5.75 Å². The van der Waals surface area contributed by atoms with Gasteiger partial charge in [-0.15, -0.1) is 0 Å². The van der Waals surface area contributed by atoms with Gasteiger partial charge in [0.1, 0.15) is 9.84 Å². The molecule has 140 valence electrons. The van der Waals surface area contributed by atoms with Crippen molar-refractivity contribution in [2.24, 2.45) is 5.92 Å². The van der Waals surface area contributed by atoms with E-state index in [0.29, 0.717) is 19.6 Å². The minimum Gasteiger partial charge on any atom is -0.375 e. The molecule has 1 aromatic carbocycles. The number of sulfone groups is 1. The zero-order chi connectivity index (χ0) is 18.3. The zero-order valence-electron chi connectivity index (χ0n) is 15.1. The molecule has 2 rings (SSSR count). The third-order valence-electron chi connectivity index (χ3n) is 4.49. The van der Waals surface area contributed by atoms with E-state index in [1.807, 2.05) is 25.2 Å². The minimum absolute atomic E-state index is 0.0544. The summed E-state index contributed by atoms with van der Waals surface area (Å²) < 4.78 is 22.9. The zero-order valence-corrected chi connectivity index (χ0v) is 16.0. The molecule has 25 heavy (non-hydrogen) atoms. The van der Waals surface area contributed by atoms with Crippen molar-refractivity contribution in [1.29, 1.82) is 0 Å². The summed E-state index contributed by atoms with van der Waals surface area (Å²) in [6.07, 6.45) is 3.86. The van der Waals surface area contributed by atoms with E-state index in [4.69, 9.17) is 0 Å². The van der Waals surface area contributed by atoms with E-state index in [9.17, 15) is 13.2 Å². The molecule has 0 saturated carbocycles. The van der Waals surface area contributed by atoms with Crippen LogP contribution < -0.4 is 10.2 Å². The number of hydrogen-bond acceptors (Lipinski definition) is 4. The first-order valence-corrected chi connectivity index (χ1v) is 10.9. The van der Waals surface area contributed by atoms with Crippen LogP contribution in [-0.4, -0.2) is 64.6 Å². The Morgan fingerprint density at radius 1 is 1.32 bits per heavy atom. The normalized spacial score (nSPS) is 18.0. The van der Waals surface area contributed by atoms with Gasteiger partial charge in [0.2, 0.25) is 0 Å². The summed E-state index contributed by atoms with van der Waals surface area (Å²) in [7, 11) is -0.954. The topological polar surface area (TPSA) is 69.7 Å². The molecule has 2 amide bonds. The predicted octanol–water partition coefficient (Wildman–Crippen LogP) is 1.98. The lowest BCUT2D eigenvalue weighted by atomic mass is 10.0. The van der Waals surface area contributed by atoms with Crippen LogP contribution in [0.5, 0.6) is 0 Å². The number of nitrogens with one attached hydrogen (secondary N) is 1. The molecule has 1 saturated heterocycles. The number of benzene rings is 1. The van der Waals surface area contributed by atoms with Gasteiger partial charge in [-0.1, -0.05) is 18.2 Å². The molecule has 1 fully saturated rings. The van der Waals surface area contributed by atoms with Gasteiger partial charge in [0, 0.05) is 45.2 Å². The van der Waals surface area contributed by atoms with E-state index in [1.54, 1.807) is 4.90 Å². The Hall–Kier alpha value is -1.76. The SMILES string of the molecule is CN(CCCNC(=O)N1CCC[C@H](CS(C)(=O)=O)C1)c1ccccc1. The summed E-state index contributed by atoms with van der Waals surface area (Å²) >= 11 is 0. The molecule has 0 radical (unpaired) electrons. The molecule has 1 atom stereocenters. The third-order valence-corrected chi connectivity index (χ3v) is 5.57. The van der Waals surface area contributed by atoms with Crippen molar-refractivity contribution in [2.45, 2.75) is 19.3 Å². The number of urea groups is 1. The van der Waals surface area contributed by atoms with Gasteiger partial charge >= 0.3 is 6.03 Å². The van der Waals surface area contributed by atoms with Gasteiger partial charge in [-0.05, 0) is 37.3 Å². The molecule has 0 bridgehead atoms. The van der Waals surface area contributed by atoms with Crippen LogP contribution >= 0.6 is 0 Å². The van der Waals surface area contributed by atoms with Crippen molar-refractivity contribution < 1.29 is 13.2 Å². The maximum absolute atomic E-state index is 12.3. The molecule has 1 aliphatic heterocycles. The first-order chi connectivity index (χ1) is 11.8. The molecular formula is C18H29N3O3S.